The smallest absolute Gasteiger partial charge is 0.259 e. The van der Waals surface area contributed by atoms with Gasteiger partial charge in [0.05, 0.1) is 11.6 Å². The quantitative estimate of drug-likeness (QED) is 0.865. The third kappa shape index (κ3) is 2.20. The Morgan fingerprint density at radius 3 is 2.65 bits per heavy atom. The third-order valence-corrected chi connectivity index (χ3v) is 4.61. The van der Waals surface area contributed by atoms with E-state index in [-0.39, 0.29) is 11.9 Å². The molecule has 1 N–H and O–H groups in total. The Morgan fingerprint density at radius 2 is 1.83 bits per heavy atom. The summed E-state index contributed by atoms with van der Waals surface area (Å²) in [6.07, 6.45) is 0.983. The molecule has 2 heterocycles. The molecule has 2 aromatic rings. The van der Waals surface area contributed by atoms with E-state index < -0.39 is 0 Å². The Hall–Kier alpha value is -2.68. The Bertz CT molecular complexity index is 837. The molecule has 23 heavy (non-hydrogen) atoms. The van der Waals surface area contributed by atoms with Crippen molar-refractivity contribution in [1.29, 1.82) is 0 Å². The maximum absolute atomic E-state index is 12.7. The molecule has 1 amide bonds. The summed E-state index contributed by atoms with van der Waals surface area (Å²) in [5.74, 6) is 1.84. The molecule has 1 atom stereocenters. The lowest BCUT2D eigenvalue weighted by Crippen LogP contribution is -2.39. The molecule has 0 aromatic heterocycles. The number of amides is 1. The molecular formula is C19H16N2O2. The fraction of sp³-hybridized carbons (Fsp3) is 0.211. The van der Waals surface area contributed by atoms with Gasteiger partial charge in [-0.15, -0.1) is 0 Å². The number of nitrogens with one attached hydrogen (secondary N) is 1. The van der Waals surface area contributed by atoms with Crippen molar-refractivity contribution in [3.63, 3.8) is 0 Å². The van der Waals surface area contributed by atoms with E-state index in [4.69, 9.17) is 0 Å². The van der Waals surface area contributed by atoms with E-state index >= 15 is 0 Å². The number of hydrogen-bond acceptors (Lipinski definition) is 3. The first-order valence-electron chi connectivity index (χ1n) is 7.77. The van der Waals surface area contributed by atoms with Crippen LogP contribution in [0.4, 0.5) is 0 Å². The number of hydrogen-bond donors (Lipinski definition) is 1. The van der Waals surface area contributed by atoms with E-state index in [0.29, 0.717) is 23.4 Å². The van der Waals surface area contributed by atoms with Crippen LogP contribution in [0.5, 0.6) is 0 Å². The highest BCUT2D eigenvalue weighted by atomic mass is 16.2. The maximum atomic E-state index is 12.7. The molecule has 0 aliphatic carbocycles. The molecule has 2 aliphatic rings. The molecule has 0 saturated heterocycles. The van der Waals surface area contributed by atoms with Gasteiger partial charge >= 0.3 is 0 Å². The van der Waals surface area contributed by atoms with E-state index in [1.54, 1.807) is 17.0 Å². The van der Waals surface area contributed by atoms with Gasteiger partial charge in [-0.3, -0.25) is 9.69 Å². The van der Waals surface area contributed by atoms with Gasteiger partial charge in [0.2, 0.25) is 0 Å². The zero-order valence-electron chi connectivity index (χ0n) is 12.6. The van der Waals surface area contributed by atoms with Gasteiger partial charge in [0.1, 0.15) is 5.70 Å². The molecule has 0 spiro atoms. The SMILES string of the molecule is O=C=C1c2ccccc2C(=O)N1CC1NCCc2ccccc21. The summed E-state index contributed by atoms with van der Waals surface area (Å²) in [6.45, 7) is 1.31. The van der Waals surface area contributed by atoms with Crippen LogP contribution in [-0.2, 0) is 11.2 Å². The first kappa shape index (κ1) is 13.9. The molecule has 0 bridgehead atoms. The highest BCUT2D eigenvalue weighted by molar-refractivity contribution is 6.13. The van der Waals surface area contributed by atoms with E-state index in [1.165, 1.54) is 11.1 Å². The second-order valence-corrected chi connectivity index (χ2v) is 5.87. The minimum absolute atomic E-state index is 0.0292. The maximum Gasteiger partial charge on any atom is 0.259 e. The Kier molecular flexibility index (Phi) is 3.34. The minimum Gasteiger partial charge on any atom is -0.308 e. The molecule has 4 nitrogen and oxygen atoms in total. The first-order valence-corrected chi connectivity index (χ1v) is 7.77. The van der Waals surface area contributed by atoms with Gasteiger partial charge < -0.3 is 5.32 Å². The first-order chi connectivity index (χ1) is 11.3. The Balaban J connectivity index is 1.69. The standard InChI is InChI=1S/C19H16N2O2/c22-12-18-15-7-3-4-8-16(15)19(23)21(18)11-17-14-6-2-1-5-13(14)9-10-20-17/h1-8,17,20H,9-11H2. The lowest BCUT2D eigenvalue weighted by Gasteiger charge is -2.30. The highest BCUT2D eigenvalue weighted by Gasteiger charge is 2.35. The molecule has 4 heteroatoms. The van der Waals surface area contributed by atoms with Gasteiger partial charge in [0.15, 0.2) is 5.94 Å². The molecule has 2 aromatic carbocycles. The number of carbonyl (C=O) groups excluding carboxylic acids is 2. The summed E-state index contributed by atoms with van der Waals surface area (Å²) in [5, 5.41) is 3.46. The predicted octanol–water partition coefficient (Wildman–Crippen LogP) is 2.20. The number of fused-ring (bicyclic) bond motifs is 2. The normalized spacial score (nSPS) is 19.3. The molecule has 0 fully saturated rings. The molecule has 4 rings (SSSR count). The van der Waals surface area contributed by atoms with Crippen LogP contribution in [0.25, 0.3) is 5.70 Å². The monoisotopic (exact) mass is 304 g/mol. The molecular weight excluding hydrogens is 288 g/mol. The van der Waals surface area contributed by atoms with Crippen LogP contribution in [0.3, 0.4) is 0 Å². The summed E-state index contributed by atoms with van der Waals surface area (Å²) in [7, 11) is 0. The molecule has 1 unspecified atom stereocenters. The summed E-state index contributed by atoms with van der Waals surface area (Å²) in [5.41, 5.74) is 4.10. The van der Waals surface area contributed by atoms with Crippen LogP contribution in [0.15, 0.2) is 48.5 Å². The van der Waals surface area contributed by atoms with Gasteiger partial charge in [-0.1, -0.05) is 42.5 Å². The van der Waals surface area contributed by atoms with E-state index in [2.05, 4.69) is 17.4 Å². The van der Waals surface area contributed by atoms with Crippen molar-refractivity contribution in [2.24, 2.45) is 0 Å². The number of nitrogens with zero attached hydrogens (tertiary/aromatic N) is 1. The summed E-state index contributed by atoms with van der Waals surface area (Å²) in [4.78, 5) is 25.6. The summed E-state index contributed by atoms with van der Waals surface area (Å²) >= 11 is 0. The van der Waals surface area contributed by atoms with Crippen molar-refractivity contribution in [2.75, 3.05) is 13.1 Å². The number of benzene rings is 2. The largest absolute Gasteiger partial charge is 0.308 e. The Morgan fingerprint density at radius 1 is 1.09 bits per heavy atom. The molecule has 0 saturated carbocycles. The zero-order valence-corrected chi connectivity index (χ0v) is 12.6. The summed E-state index contributed by atoms with van der Waals surface area (Å²) < 4.78 is 0. The topological polar surface area (TPSA) is 49.4 Å². The van der Waals surface area contributed by atoms with Gasteiger partial charge in [-0.05, 0) is 30.2 Å². The van der Waals surface area contributed by atoms with Crippen LogP contribution in [0, 0.1) is 0 Å². The average molecular weight is 304 g/mol. The fourth-order valence-corrected chi connectivity index (χ4v) is 3.49. The predicted molar refractivity (Wildman–Crippen MR) is 87.5 cm³/mol. The zero-order chi connectivity index (χ0) is 15.8. The second-order valence-electron chi connectivity index (χ2n) is 5.87. The minimum atomic E-state index is -0.121. The van der Waals surface area contributed by atoms with Crippen LogP contribution in [0.2, 0.25) is 0 Å². The van der Waals surface area contributed by atoms with Crippen molar-refractivity contribution < 1.29 is 9.59 Å². The van der Waals surface area contributed by atoms with Crippen LogP contribution >= 0.6 is 0 Å². The van der Waals surface area contributed by atoms with E-state index in [1.807, 2.05) is 30.2 Å². The average Bonchev–Trinajstić information content (AvgIpc) is 2.87. The van der Waals surface area contributed by atoms with E-state index in [9.17, 15) is 9.59 Å². The molecule has 0 radical (unpaired) electrons. The van der Waals surface area contributed by atoms with Crippen molar-refractivity contribution >= 4 is 17.5 Å². The lowest BCUT2D eigenvalue weighted by molar-refractivity contribution is 0.0839. The van der Waals surface area contributed by atoms with Gasteiger partial charge in [0.25, 0.3) is 5.91 Å². The summed E-state index contributed by atoms with van der Waals surface area (Å²) in [6, 6.07) is 15.5. The van der Waals surface area contributed by atoms with E-state index in [0.717, 1.165) is 13.0 Å². The lowest BCUT2D eigenvalue weighted by atomic mass is 9.94. The van der Waals surface area contributed by atoms with Crippen LogP contribution < -0.4 is 5.32 Å². The van der Waals surface area contributed by atoms with Crippen molar-refractivity contribution in [3.8, 4) is 0 Å². The van der Waals surface area contributed by atoms with Crippen LogP contribution in [-0.4, -0.2) is 29.8 Å². The van der Waals surface area contributed by atoms with Crippen molar-refractivity contribution in [2.45, 2.75) is 12.5 Å². The molecule has 2 aliphatic heterocycles. The fourth-order valence-electron chi connectivity index (χ4n) is 3.49. The van der Waals surface area contributed by atoms with Gasteiger partial charge in [0, 0.05) is 12.1 Å². The van der Waals surface area contributed by atoms with Gasteiger partial charge in [-0.2, -0.15) is 0 Å². The number of carbonyl (C=O) groups is 1. The number of rotatable bonds is 2. The second kappa shape index (κ2) is 5.51. The van der Waals surface area contributed by atoms with Crippen LogP contribution in [0.1, 0.15) is 33.1 Å². The highest BCUT2D eigenvalue weighted by Crippen LogP contribution is 2.33. The Labute approximate surface area is 134 Å². The third-order valence-electron chi connectivity index (χ3n) is 4.61. The van der Waals surface area contributed by atoms with Crippen molar-refractivity contribution in [3.05, 3.63) is 70.8 Å². The molecule has 114 valence electrons. The van der Waals surface area contributed by atoms with Gasteiger partial charge in [-0.25, -0.2) is 4.79 Å². The van der Waals surface area contributed by atoms with Crippen molar-refractivity contribution in [1.82, 2.24) is 10.2 Å².